The number of pyridine rings is 1. The van der Waals surface area contributed by atoms with Gasteiger partial charge in [0.2, 0.25) is 0 Å². The minimum Gasteiger partial charge on any atom is -0.336 e. The Labute approximate surface area is 125 Å². The largest absolute Gasteiger partial charge is 0.336 e. The van der Waals surface area contributed by atoms with Crippen molar-refractivity contribution in [3.63, 3.8) is 0 Å². The summed E-state index contributed by atoms with van der Waals surface area (Å²) >= 11 is 5.83. The quantitative estimate of drug-likeness (QED) is 0.783. The molecular weight excluding hydrogens is 290 g/mol. The number of carbonyl (C=O) groups is 1. The van der Waals surface area contributed by atoms with Crippen molar-refractivity contribution >= 4 is 34.3 Å². The lowest BCUT2D eigenvalue weighted by molar-refractivity contribution is 0.102. The van der Waals surface area contributed by atoms with Gasteiger partial charge in [-0.1, -0.05) is 16.8 Å². The number of anilines is 1. The molecule has 6 heteroatoms. The van der Waals surface area contributed by atoms with Gasteiger partial charge in [-0.25, -0.2) is 4.98 Å². The Hall–Kier alpha value is -2.40. The van der Waals surface area contributed by atoms with Crippen molar-refractivity contribution in [2.75, 3.05) is 5.32 Å². The number of rotatable bonds is 2. The third-order valence-corrected chi connectivity index (χ3v) is 3.34. The molecule has 1 amide bonds. The molecule has 3 rings (SSSR count). The first-order chi connectivity index (χ1) is 10.0. The normalized spacial score (nSPS) is 10.8. The van der Waals surface area contributed by atoms with E-state index in [-0.39, 0.29) is 5.91 Å². The van der Waals surface area contributed by atoms with Crippen molar-refractivity contribution < 1.29 is 9.32 Å². The van der Waals surface area contributed by atoms with E-state index in [9.17, 15) is 4.79 Å². The van der Waals surface area contributed by atoms with Gasteiger partial charge in [0, 0.05) is 16.4 Å². The first-order valence-corrected chi connectivity index (χ1v) is 6.73. The Morgan fingerprint density at radius 1 is 1.24 bits per heavy atom. The van der Waals surface area contributed by atoms with Crippen molar-refractivity contribution in [2.45, 2.75) is 13.8 Å². The van der Waals surface area contributed by atoms with Gasteiger partial charge in [-0.05, 0) is 44.2 Å². The summed E-state index contributed by atoms with van der Waals surface area (Å²) in [5.41, 5.74) is 2.86. The summed E-state index contributed by atoms with van der Waals surface area (Å²) in [6, 6.07) is 8.64. The molecule has 0 fully saturated rings. The van der Waals surface area contributed by atoms with Crippen molar-refractivity contribution in [2.24, 2.45) is 0 Å². The zero-order valence-corrected chi connectivity index (χ0v) is 12.2. The predicted molar refractivity (Wildman–Crippen MR) is 80.7 cm³/mol. The fourth-order valence-electron chi connectivity index (χ4n) is 2.13. The van der Waals surface area contributed by atoms with Crippen LogP contribution in [-0.4, -0.2) is 16.0 Å². The zero-order valence-electron chi connectivity index (χ0n) is 11.5. The Bertz CT molecular complexity index is 825. The number of carbonyl (C=O) groups excluding carboxylic acids is 1. The van der Waals surface area contributed by atoms with Crippen LogP contribution in [0.5, 0.6) is 0 Å². The Morgan fingerprint density at radius 3 is 2.67 bits per heavy atom. The highest BCUT2D eigenvalue weighted by molar-refractivity contribution is 6.30. The minimum absolute atomic E-state index is 0.237. The van der Waals surface area contributed by atoms with Crippen molar-refractivity contribution in [3.8, 4) is 0 Å². The summed E-state index contributed by atoms with van der Waals surface area (Å²) in [6.45, 7) is 3.58. The molecule has 2 aromatic heterocycles. The van der Waals surface area contributed by atoms with Gasteiger partial charge >= 0.3 is 0 Å². The number of nitrogens with zero attached hydrogens (tertiary/aromatic N) is 2. The maximum absolute atomic E-state index is 12.5. The molecule has 3 aromatic rings. The smallest absolute Gasteiger partial charge is 0.258 e. The topological polar surface area (TPSA) is 68.0 Å². The fraction of sp³-hybridized carbons (Fsp3) is 0.133. The summed E-state index contributed by atoms with van der Waals surface area (Å²) in [5, 5.41) is 7.94. The molecular formula is C15H12ClN3O2. The van der Waals surface area contributed by atoms with Crippen LogP contribution in [-0.2, 0) is 0 Å². The molecule has 0 bridgehead atoms. The summed E-state index contributed by atoms with van der Waals surface area (Å²) < 4.78 is 5.13. The van der Waals surface area contributed by atoms with Crippen LogP contribution in [0.15, 0.2) is 34.9 Å². The van der Waals surface area contributed by atoms with E-state index in [0.717, 1.165) is 0 Å². The van der Waals surface area contributed by atoms with E-state index in [1.165, 1.54) is 0 Å². The highest BCUT2D eigenvalue weighted by Gasteiger charge is 2.17. The van der Waals surface area contributed by atoms with E-state index in [2.05, 4.69) is 15.5 Å². The first kappa shape index (κ1) is 13.6. The first-order valence-electron chi connectivity index (χ1n) is 6.35. The van der Waals surface area contributed by atoms with Crippen molar-refractivity contribution in [1.82, 2.24) is 10.1 Å². The van der Waals surface area contributed by atoms with E-state index in [1.54, 1.807) is 44.2 Å². The number of halogens is 1. The molecule has 1 aromatic carbocycles. The summed E-state index contributed by atoms with van der Waals surface area (Å²) in [5.74, 6) is -0.237. The number of fused-ring (bicyclic) bond motifs is 1. The molecule has 0 atom stereocenters. The number of nitrogens with one attached hydrogen (secondary N) is 1. The maximum Gasteiger partial charge on any atom is 0.258 e. The van der Waals surface area contributed by atoms with Crippen LogP contribution in [0.1, 0.15) is 21.7 Å². The number of aryl methyl sites for hydroxylation is 2. The second-order valence-electron chi connectivity index (χ2n) is 4.72. The molecule has 2 heterocycles. The van der Waals surface area contributed by atoms with Crippen LogP contribution in [0.25, 0.3) is 11.1 Å². The van der Waals surface area contributed by atoms with Gasteiger partial charge in [-0.15, -0.1) is 0 Å². The molecule has 0 aliphatic heterocycles. The van der Waals surface area contributed by atoms with Gasteiger partial charge in [0.05, 0.1) is 16.6 Å². The van der Waals surface area contributed by atoms with Gasteiger partial charge in [0.25, 0.3) is 11.6 Å². The Morgan fingerprint density at radius 2 is 1.95 bits per heavy atom. The summed E-state index contributed by atoms with van der Waals surface area (Å²) in [6.07, 6.45) is 0. The Kier molecular flexibility index (Phi) is 3.35. The van der Waals surface area contributed by atoms with Crippen LogP contribution in [0.2, 0.25) is 5.02 Å². The molecule has 1 N–H and O–H groups in total. The van der Waals surface area contributed by atoms with Crippen LogP contribution >= 0.6 is 11.6 Å². The molecule has 21 heavy (non-hydrogen) atoms. The molecule has 106 valence electrons. The number of benzene rings is 1. The second-order valence-corrected chi connectivity index (χ2v) is 5.16. The van der Waals surface area contributed by atoms with Crippen molar-refractivity contribution in [1.29, 1.82) is 0 Å². The average Bonchev–Trinajstić information content (AvgIpc) is 2.82. The van der Waals surface area contributed by atoms with E-state index in [1.807, 2.05) is 0 Å². The van der Waals surface area contributed by atoms with Crippen LogP contribution in [0, 0.1) is 13.8 Å². The molecule has 0 aliphatic carbocycles. The van der Waals surface area contributed by atoms with E-state index in [0.29, 0.717) is 38.8 Å². The highest BCUT2D eigenvalue weighted by Crippen LogP contribution is 2.23. The molecule has 5 nitrogen and oxygen atoms in total. The second kappa shape index (κ2) is 5.18. The number of hydrogen-bond acceptors (Lipinski definition) is 4. The van der Waals surface area contributed by atoms with Gasteiger partial charge in [-0.3, -0.25) is 4.79 Å². The van der Waals surface area contributed by atoms with Crippen molar-refractivity contribution in [3.05, 3.63) is 52.3 Å². The molecule has 0 saturated carbocycles. The average molecular weight is 302 g/mol. The zero-order chi connectivity index (χ0) is 15.0. The van der Waals surface area contributed by atoms with E-state index < -0.39 is 0 Å². The fourth-order valence-corrected chi connectivity index (χ4v) is 2.25. The Balaban J connectivity index is 2.01. The standard InChI is InChI=1S/C15H12ClN3O2/c1-8-7-12(13-9(2)19-21-15(13)17-8)14(20)18-11-5-3-10(16)4-6-11/h3-7H,1-2H3,(H,18,20). The van der Waals surface area contributed by atoms with Gasteiger partial charge in [0.15, 0.2) is 0 Å². The monoisotopic (exact) mass is 301 g/mol. The maximum atomic E-state index is 12.5. The predicted octanol–water partition coefficient (Wildman–Crippen LogP) is 3.75. The number of hydrogen-bond donors (Lipinski definition) is 1. The lowest BCUT2D eigenvalue weighted by Crippen LogP contribution is -2.13. The number of amides is 1. The lowest BCUT2D eigenvalue weighted by Gasteiger charge is -2.07. The van der Waals surface area contributed by atoms with Gasteiger partial charge in [-0.2, -0.15) is 0 Å². The third kappa shape index (κ3) is 2.60. The molecule has 0 unspecified atom stereocenters. The molecule has 0 saturated heterocycles. The van der Waals surface area contributed by atoms with Crippen LogP contribution in [0.3, 0.4) is 0 Å². The summed E-state index contributed by atoms with van der Waals surface area (Å²) in [7, 11) is 0. The SMILES string of the molecule is Cc1cc(C(=O)Nc2ccc(Cl)cc2)c2c(C)noc2n1. The van der Waals surface area contributed by atoms with Gasteiger partial charge in [0.1, 0.15) is 0 Å². The third-order valence-electron chi connectivity index (χ3n) is 3.09. The van der Waals surface area contributed by atoms with E-state index in [4.69, 9.17) is 16.1 Å². The number of aromatic nitrogens is 2. The highest BCUT2D eigenvalue weighted by atomic mass is 35.5. The van der Waals surface area contributed by atoms with E-state index >= 15 is 0 Å². The van der Waals surface area contributed by atoms with Crippen LogP contribution in [0.4, 0.5) is 5.69 Å². The minimum atomic E-state index is -0.237. The van der Waals surface area contributed by atoms with Gasteiger partial charge < -0.3 is 9.84 Å². The molecule has 0 aliphatic rings. The van der Waals surface area contributed by atoms with Crippen LogP contribution < -0.4 is 5.32 Å². The summed E-state index contributed by atoms with van der Waals surface area (Å²) in [4.78, 5) is 16.7. The molecule has 0 spiro atoms. The lowest BCUT2D eigenvalue weighted by atomic mass is 10.1. The molecule has 0 radical (unpaired) electrons.